The summed E-state index contributed by atoms with van der Waals surface area (Å²) in [4.78, 5) is 12.9. The van der Waals surface area contributed by atoms with Gasteiger partial charge in [-0.3, -0.25) is 4.79 Å². The van der Waals surface area contributed by atoms with E-state index in [1.165, 1.54) is 16.4 Å². The van der Waals surface area contributed by atoms with Crippen molar-refractivity contribution in [2.24, 2.45) is 5.92 Å². The molecule has 0 unspecified atom stereocenters. The van der Waals surface area contributed by atoms with Gasteiger partial charge in [-0.25, -0.2) is 8.42 Å². The lowest BCUT2D eigenvalue weighted by Gasteiger charge is -2.31. The highest BCUT2D eigenvalue weighted by Gasteiger charge is 2.33. The fourth-order valence-electron chi connectivity index (χ4n) is 3.63. The molecule has 3 rings (SSSR count). The zero-order valence-electron chi connectivity index (χ0n) is 17.4. The molecule has 1 amide bonds. The number of piperidine rings is 1. The Hall–Kier alpha value is -2.09. The zero-order chi connectivity index (χ0) is 21.9. The fourth-order valence-corrected chi connectivity index (χ4v) is 5.48. The smallest absolute Gasteiger partial charge is 0.243 e. The summed E-state index contributed by atoms with van der Waals surface area (Å²) in [5.74, 6) is -0.124. The van der Waals surface area contributed by atoms with Crippen molar-refractivity contribution in [1.82, 2.24) is 4.31 Å². The van der Waals surface area contributed by atoms with Gasteiger partial charge in [-0.15, -0.1) is 0 Å². The van der Waals surface area contributed by atoms with Gasteiger partial charge in [0.15, 0.2) is 0 Å². The molecule has 0 spiro atoms. The Morgan fingerprint density at radius 2 is 2.00 bits per heavy atom. The van der Waals surface area contributed by atoms with Crippen molar-refractivity contribution in [1.29, 1.82) is 0 Å². The topological polar surface area (TPSA) is 75.7 Å². The van der Waals surface area contributed by atoms with E-state index in [2.05, 4.69) is 5.32 Å². The highest BCUT2D eigenvalue weighted by atomic mass is 35.5. The summed E-state index contributed by atoms with van der Waals surface area (Å²) >= 11 is 6.18. The molecule has 2 aromatic rings. The molecule has 8 heteroatoms. The molecule has 162 valence electrons. The number of anilines is 1. The molecule has 1 aliphatic rings. The number of carbonyl (C=O) groups excluding carboxylic acids is 1. The van der Waals surface area contributed by atoms with Crippen LogP contribution in [0.1, 0.15) is 30.9 Å². The van der Waals surface area contributed by atoms with E-state index in [1.807, 2.05) is 39.0 Å². The summed E-state index contributed by atoms with van der Waals surface area (Å²) in [6.45, 7) is 6.73. The molecule has 0 saturated carbocycles. The first-order valence-electron chi connectivity index (χ1n) is 10.0. The molecule has 1 heterocycles. The van der Waals surface area contributed by atoms with Gasteiger partial charge < -0.3 is 10.1 Å². The molecule has 0 bridgehead atoms. The van der Waals surface area contributed by atoms with Gasteiger partial charge in [-0.1, -0.05) is 29.3 Å². The molecule has 0 aromatic heterocycles. The fraction of sp³-hybridized carbons (Fsp3) is 0.409. The predicted molar refractivity (Wildman–Crippen MR) is 119 cm³/mol. The van der Waals surface area contributed by atoms with Crippen molar-refractivity contribution >= 4 is 33.2 Å². The normalized spacial score (nSPS) is 17.5. The van der Waals surface area contributed by atoms with Crippen LogP contribution in [0.3, 0.4) is 0 Å². The summed E-state index contributed by atoms with van der Waals surface area (Å²) in [7, 11) is -3.76. The lowest BCUT2D eigenvalue weighted by molar-refractivity contribution is -0.120. The number of nitrogens with zero attached hydrogens (tertiary/aromatic N) is 1. The largest absolute Gasteiger partial charge is 0.492 e. The van der Waals surface area contributed by atoms with Gasteiger partial charge in [0.2, 0.25) is 15.9 Å². The first-order valence-corrected chi connectivity index (χ1v) is 11.8. The monoisotopic (exact) mass is 450 g/mol. The van der Waals surface area contributed by atoms with E-state index in [0.29, 0.717) is 31.7 Å². The van der Waals surface area contributed by atoms with Crippen LogP contribution in [0.25, 0.3) is 0 Å². The molecule has 1 saturated heterocycles. The maximum Gasteiger partial charge on any atom is 0.243 e. The number of sulfonamides is 1. The van der Waals surface area contributed by atoms with Crippen LogP contribution in [0.2, 0.25) is 5.02 Å². The first-order chi connectivity index (χ1) is 14.2. The predicted octanol–water partition coefficient (Wildman–Crippen LogP) is 4.39. The molecule has 1 atom stereocenters. The van der Waals surface area contributed by atoms with Gasteiger partial charge >= 0.3 is 0 Å². The van der Waals surface area contributed by atoms with Crippen molar-refractivity contribution < 1.29 is 17.9 Å². The van der Waals surface area contributed by atoms with Crippen LogP contribution < -0.4 is 10.1 Å². The van der Waals surface area contributed by atoms with Crippen molar-refractivity contribution in [3.8, 4) is 5.75 Å². The minimum atomic E-state index is -3.76. The Bertz CT molecular complexity index is 1040. The number of halogens is 1. The number of hydrogen-bond acceptors (Lipinski definition) is 4. The molecule has 0 aliphatic carbocycles. The number of benzene rings is 2. The average molecular weight is 451 g/mol. The Morgan fingerprint density at radius 3 is 2.67 bits per heavy atom. The minimum Gasteiger partial charge on any atom is -0.492 e. The molecule has 1 aliphatic heterocycles. The molecular weight excluding hydrogens is 424 g/mol. The lowest BCUT2D eigenvalue weighted by atomic mass is 9.98. The standard InChI is InChI=1S/C22H27ClN2O4S/c1-4-29-21-10-8-18(13-19(21)23)30(27,28)25-11-5-6-17(14-25)22(26)24-20-9-7-15(2)12-16(20)3/h7-10,12-13,17H,4-6,11,14H2,1-3H3,(H,24,26)/t17-/m0/s1. The SMILES string of the molecule is CCOc1ccc(S(=O)(=O)N2CCC[C@H](C(=O)Nc3ccc(C)cc3C)C2)cc1Cl. The number of amides is 1. The van der Waals surface area contributed by atoms with Crippen molar-refractivity contribution in [3.63, 3.8) is 0 Å². The van der Waals surface area contributed by atoms with Crippen molar-refractivity contribution in [3.05, 3.63) is 52.5 Å². The van der Waals surface area contributed by atoms with E-state index in [9.17, 15) is 13.2 Å². The van der Waals surface area contributed by atoms with E-state index in [0.717, 1.165) is 16.8 Å². The maximum absolute atomic E-state index is 13.1. The third-order valence-corrected chi connectivity index (χ3v) is 7.39. The molecule has 0 radical (unpaired) electrons. The van der Waals surface area contributed by atoms with Crippen LogP contribution in [0.15, 0.2) is 41.3 Å². The number of aryl methyl sites for hydroxylation is 2. The van der Waals surface area contributed by atoms with E-state index in [1.54, 1.807) is 6.07 Å². The van der Waals surface area contributed by atoms with E-state index in [-0.39, 0.29) is 22.4 Å². The third kappa shape index (κ3) is 4.96. The number of nitrogens with one attached hydrogen (secondary N) is 1. The summed E-state index contributed by atoms with van der Waals surface area (Å²) in [6, 6.07) is 10.3. The summed E-state index contributed by atoms with van der Waals surface area (Å²) in [5, 5.41) is 3.20. The van der Waals surface area contributed by atoms with Crippen molar-refractivity contribution in [2.45, 2.75) is 38.5 Å². The van der Waals surface area contributed by atoms with Crippen LogP contribution in [0.5, 0.6) is 5.75 Å². The van der Waals surface area contributed by atoms with Crippen LogP contribution in [-0.2, 0) is 14.8 Å². The second-order valence-corrected chi connectivity index (χ2v) is 9.88. The molecule has 1 N–H and O–H groups in total. The van der Waals surface area contributed by atoms with Gasteiger partial charge in [0, 0.05) is 18.8 Å². The van der Waals surface area contributed by atoms with Gasteiger partial charge in [-0.05, 0) is 63.4 Å². The minimum absolute atomic E-state index is 0.103. The number of rotatable bonds is 6. The Morgan fingerprint density at radius 1 is 1.23 bits per heavy atom. The highest BCUT2D eigenvalue weighted by molar-refractivity contribution is 7.89. The molecule has 2 aromatic carbocycles. The van der Waals surface area contributed by atoms with E-state index < -0.39 is 15.9 Å². The quantitative estimate of drug-likeness (QED) is 0.707. The molecular formula is C22H27ClN2O4S. The van der Waals surface area contributed by atoms with Crippen LogP contribution >= 0.6 is 11.6 Å². The lowest BCUT2D eigenvalue weighted by Crippen LogP contribution is -2.43. The Labute approximate surface area is 183 Å². The van der Waals surface area contributed by atoms with Crippen LogP contribution in [-0.4, -0.2) is 38.3 Å². The molecule has 1 fully saturated rings. The Kier molecular flexibility index (Phi) is 7.06. The summed E-state index contributed by atoms with van der Waals surface area (Å²) in [6.07, 6.45) is 1.27. The Balaban J connectivity index is 1.74. The van der Waals surface area contributed by atoms with E-state index >= 15 is 0 Å². The van der Waals surface area contributed by atoms with Crippen LogP contribution in [0, 0.1) is 19.8 Å². The van der Waals surface area contributed by atoms with Crippen LogP contribution in [0.4, 0.5) is 5.69 Å². The second kappa shape index (κ2) is 9.37. The third-order valence-electron chi connectivity index (χ3n) is 5.24. The van der Waals surface area contributed by atoms with Gasteiger partial charge in [0.25, 0.3) is 0 Å². The van der Waals surface area contributed by atoms with Gasteiger partial charge in [0.1, 0.15) is 5.75 Å². The average Bonchev–Trinajstić information content (AvgIpc) is 2.71. The van der Waals surface area contributed by atoms with Gasteiger partial charge in [0.05, 0.1) is 22.4 Å². The second-order valence-electron chi connectivity index (χ2n) is 7.54. The van der Waals surface area contributed by atoms with Crippen molar-refractivity contribution in [2.75, 3.05) is 25.0 Å². The zero-order valence-corrected chi connectivity index (χ0v) is 19.0. The molecule has 30 heavy (non-hydrogen) atoms. The number of carbonyl (C=O) groups is 1. The summed E-state index contributed by atoms with van der Waals surface area (Å²) in [5.41, 5.74) is 2.85. The number of hydrogen-bond donors (Lipinski definition) is 1. The number of ether oxygens (including phenoxy) is 1. The van der Waals surface area contributed by atoms with E-state index in [4.69, 9.17) is 16.3 Å². The maximum atomic E-state index is 13.1. The van der Waals surface area contributed by atoms with Gasteiger partial charge in [-0.2, -0.15) is 4.31 Å². The summed E-state index contributed by atoms with van der Waals surface area (Å²) < 4.78 is 33.0. The molecule has 6 nitrogen and oxygen atoms in total. The first kappa shape index (κ1) is 22.6. The highest BCUT2D eigenvalue weighted by Crippen LogP contribution is 2.31.